The second kappa shape index (κ2) is 1.78. The fourth-order valence-electron chi connectivity index (χ4n) is 0. The van der Waals surface area contributed by atoms with Crippen molar-refractivity contribution >= 4 is 16.9 Å². The van der Waals surface area contributed by atoms with Gasteiger partial charge in [-0.2, -0.15) is 0 Å². The summed E-state index contributed by atoms with van der Waals surface area (Å²) >= 11 is 1.87. The van der Waals surface area contributed by atoms with Gasteiger partial charge < -0.3 is 0 Å². The fourth-order valence-corrected chi connectivity index (χ4v) is 0. The molecule has 2 radical (unpaired) electrons. The van der Waals surface area contributed by atoms with Crippen LogP contribution in [0, 0.1) is 0 Å². The van der Waals surface area contributed by atoms with E-state index in [0.717, 1.165) is 0 Å². The molecule has 0 spiro atoms. The van der Waals surface area contributed by atoms with Gasteiger partial charge in [-0.15, -0.1) is 0 Å². The third-order valence-electron chi connectivity index (χ3n) is 0. The van der Waals surface area contributed by atoms with E-state index in [1.54, 1.807) is 0 Å². The maximum absolute atomic E-state index is 11.0. The average Bonchev–Trinajstić information content (AvgIpc) is 0.811. The summed E-state index contributed by atoms with van der Waals surface area (Å²) in [6.07, 6.45) is 0. The predicted molar refractivity (Wildman–Crippen MR) is 16.3 cm³/mol. The van der Waals surface area contributed by atoms with Gasteiger partial charge in [0.2, 0.25) is 0 Å². The predicted octanol–water partition coefficient (Wildman–Crippen LogP) is 0.470. The van der Waals surface area contributed by atoms with Crippen molar-refractivity contribution in [3.8, 4) is 0 Å². The van der Waals surface area contributed by atoms with Gasteiger partial charge in [-0.1, -0.05) is 0 Å². The van der Waals surface area contributed by atoms with Crippen LogP contribution in [0.2, 0.25) is 0 Å². The quantitative estimate of drug-likeness (QED) is 0.409. The minimum atomic E-state index is -0.729. The summed E-state index contributed by atoms with van der Waals surface area (Å²) in [5.41, 5.74) is 0. The van der Waals surface area contributed by atoms with Crippen LogP contribution in [0.5, 0.6) is 0 Å². The van der Waals surface area contributed by atoms with Crippen LogP contribution in [0.4, 0.5) is 4.39 Å². The first-order valence-electron chi connectivity index (χ1n) is 1.05. The van der Waals surface area contributed by atoms with Gasteiger partial charge in [-0.3, -0.25) is 0 Å². The molecule has 0 rings (SSSR count). The molecule has 1 atom stereocenters. The second-order valence-corrected chi connectivity index (χ2v) is 2.07. The number of hydrogen-bond donors (Lipinski definition) is 0. The van der Waals surface area contributed by atoms with E-state index in [-0.39, 0.29) is 0 Å². The number of alkyl halides is 1. The summed E-state index contributed by atoms with van der Waals surface area (Å²) in [5.74, 6) is 0. The Kier molecular flexibility index (Phi) is 1.99. The van der Waals surface area contributed by atoms with E-state index in [1.807, 2.05) is 16.9 Å². The van der Waals surface area contributed by atoms with Crippen molar-refractivity contribution in [1.29, 1.82) is 0 Å². The van der Waals surface area contributed by atoms with Gasteiger partial charge in [0.05, 0.1) is 0 Å². The van der Waals surface area contributed by atoms with Gasteiger partial charge in [-0.05, 0) is 0 Å². The molecular weight excluding hydrogens is 118 g/mol. The van der Waals surface area contributed by atoms with E-state index in [1.165, 1.54) is 6.92 Å². The van der Waals surface area contributed by atoms with E-state index in [0.29, 0.717) is 0 Å². The van der Waals surface area contributed by atoms with Crippen molar-refractivity contribution in [2.75, 3.05) is 0 Å². The molecule has 0 saturated heterocycles. The first kappa shape index (κ1) is 4.49. The van der Waals surface area contributed by atoms with Crippen molar-refractivity contribution in [3.05, 3.63) is 0 Å². The van der Waals surface area contributed by atoms with Gasteiger partial charge in [-0.25, -0.2) is 0 Å². The molecule has 2 heteroatoms. The summed E-state index contributed by atoms with van der Waals surface area (Å²) in [6, 6.07) is 0. The maximum atomic E-state index is 11.0. The summed E-state index contributed by atoms with van der Waals surface area (Å²) < 4.78 is 11.0. The molecule has 0 fully saturated rings. The van der Waals surface area contributed by atoms with Gasteiger partial charge in [0, 0.05) is 0 Å². The van der Waals surface area contributed by atoms with Gasteiger partial charge in [0.25, 0.3) is 0 Å². The van der Waals surface area contributed by atoms with E-state index < -0.39 is 4.96 Å². The molecule has 0 bridgehead atoms. The molecule has 0 aromatic carbocycles. The Hall–Kier alpha value is 0.488. The summed E-state index contributed by atoms with van der Waals surface area (Å²) in [6.45, 7) is 1.47. The van der Waals surface area contributed by atoms with Crippen LogP contribution in [0.15, 0.2) is 0 Å². The molecule has 0 aromatic rings. The van der Waals surface area contributed by atoms with Gasteiger partial charge >= 0.3 is 33.1 Å². The van der Waals surface area contributed by atoms with Crippen molar-refractivity contribution in [3.63, 3.8) is 0 Å². The first-order valence-corrected chi connectivity index (χ1v) is 2.14. The van der Waals surface area contributed by atoms with Gasteiger partial charge in [0.1, 0.15) is 0 Å². The third-order valence-corrected chi connectivity index (χ3v) is 0. The number of rotatable bonds is 0. The van der Waals surface area contributed by atoms with Crippen LogP contribution in [-0.4, -0.2) is 21.8 Å². The molecule has 1 unspecified atom stereocenters. The zero-order chi connectivity index (χ0) is 3.58. The molecule has 0 aromatic heterocycles. The van der Waals surface area contributed by atoms with Crippen molar-refractivity contribution < 1.29 is 4.39 Å². The Morgan fingerprint density at radius 1 is 2.00 bits per heavy atom. The molecule has 4 heavy (non-hydrogen) atoms. The first-order chi connectivity index (χ1) is 1.73. The molecule has 0 aliphatic rings. The standard InChI is InChI=1S/C2H4AsF/c1-2(3)4/h2H,1H3. The monoisotopic (exact) mass is 122 g/mol. The Balaban J connectivity index is 2.32. The molecular formula is C2H4AsF. The van der Waals surface area contributed by atoms with Crippen molar-refractivity contribution in [2.24, 2.45) is 0 Å². The molecule has 24 valence electrons. The van der Waals surface area contributed by atoms with Crippen molar-refractivity contribution in [2.45, 2.75) is 11.9 Å². The SMILES string of the molecule is CC(F)[As]. The Bertz CT molecular complexity index is 10.8. The molecule has 0 heterocycles. The van der Waals surface area contributed by atoms with Crippen LogP contribution < -0.4 is 0 Å². The molecule has 0 N–H and O–H groups in total. The molecule has 0 nitrogen and oxygen atoms in total. The van der Waals surface area contributed by atoms with Gasteiger partial charge in [0.15, 0.2) is 0 Å². The van der Waals surface area contributed by atoms with Crippen LogP contribution in [-0.2, 0) is 0 Å². The Morgan fingerprint density at radius 3 is 2.00 bits per heavy atom. The third kappa shape index (κ3) is 23.1. The van der Waals surface area contributed by atoms with E-state index >= 15 is 0 Å². The topological polar surface area (TPSA) is 0 Å². The zero-order valence-electron chi connectivity index (χ0n) is 2.40. The summed E-state index contributed by atoms with van der Waals surface area (Å²) in [7, 11) is 0. The van der Waals surface area contributed by atoms with Crippen molar-refractivity contribution in [1.82, 2.24) is 0 Å². The Labute approximate surface area is 33.9 Å². The second-order valence-electron chi connectivity index (χ2n) is 0.574. The molecule has 0 aliphatic heterocycles. The van der Waals surface area contributed by atoms with Crippen LogP contribution in [0.1, 0.15) is 6.92 Å². The van der Waals surface area contributed by atoms with E-state index in [4.69, 9.17) is 0 Å². The zero-order valence-corrected chi connectivity index (χ0v) is 4.28. The van der Waals surface area contributed by atoms with Crippen LogP contribution in [0.25, 0.3) is 0 Å². The summed E-state index contributed by atoms with van der Waals surface area (Å²) in [4.78, 5) is -0.729. The van der Waals surface area contributed by atoms with Crippen LogP contribution >= 0.6 is 0 Å². The fraction of sp³-hybridized carbons (Fsp3) is 1.00. The molecule has 0 aliphatic carbocycles. The summed E-state index contributed by atoms with van der Waals surface area (Å²) in [5, 5.41) is 0. The molecule has 0 saturated carbocycles. The molecule has 0 amide bonds. The normalized spacial score (nSPS) is 15.8. The average molecular weight is 122 g/mol. The number of halogens is 1. The van der Waals surface area contributed by atoms with E-state index in [2.05, 4.69) is 0 Å². The van der Waals surface area contributed by atoms with E-state index in [9.17, 15) is 4.39 Å². The Morgan fingerprint density at radius 2 is 2.00 bits per heavy atom. The number of hydrogen-bond acceptors (Lipinski definition) is 0. The van der Waals surface area contributed by atoms with Crippen LogP contribution in [0.3, 0.4) is 0 Å². The minimum absolute atomic E-state index is 0.729.